The van der Waals surface area contributed by atoms with E-state index in [-0.39, 0.29) is 0 Å². The van der Waals surface area contributed by atoms with Crippen molar-refractivity contribution in [3.63, 3.8) is 0 Å². The molecule has 3 rings (SSSR count). The number of ether oxygens (including phenoxy) is 2. The van der Waals surface area contributed by atoms with Gasteiger partial charge >= 0.3 is 0 Å². The van der Waals surface area contributed by atoms with Gasteiger partial charge in [-0.3, -0.25) is 0 Å². The summed E-state index contributed by atoms with van der Waals surface area (Å²) >= 11 is 6.45. The molecule has 0 saturated carbocycles. The molecule has 6 nitrogen and oxygen atoms in total. The maximum atomic E-state index is 6.45. The largest absolute Gasteiger partial charge is 0.493 e. The number of nitrogens with one attached hydrogen (secondary N) is 1. The minimum Gasteiger partial charge on any atom is -0.493 e. The summed E-state index contributed by atoms with van der Waals surface area (Å²) in [5.74, 6) is 2.67. The number of para-hydroxylation sites is 1. The van der Waals surface area contributed by atoms with Gasteiger partial charge in [0.25, 0.3) is 0 Å². The van der Waals surface area contributed by atoms with Crippen LogP contribution >= 0.6 is 11.6 Å². The molecule has 1 atom stereocenters. The van der Waals surface area contributed by atoms with Gasteiger partial charge in [-0.1, -0.05) is 37.6 Å². The number of methoxy groups -OCH3 is 2. The van der Waals surface area contributed by atoms with Gasteiger partial charge in [-0.05, 0) is 75.3 Å². The van der Waals surface area contributed by atoms with Crippen molar-refractivity contribution in [2.24, 2.45) is 0 Å². The van der Waals surface area contributed by atoms with E-state index in [2.05, 4.69) is 37.1 Å². The van der Waals surface area contributed by atoms with Crippen LogP contribution in [0.4, 0.5) is 5.82 Å². The lowest BCUT2D eigenvalue weighted by molar-refractivity contribution is 0.295. The highest BCUT2D eigenvalue weighted by Gasteiger charge is 2.11. The van der Waals surface area contributed by atoms with Crippen LogP contribution in [0.15, 0.2) is 36.4 Å². The topological polar surface area (TPSA) is 59.5 Å². The molecule has 0 aliphatic carbocycles. The van der Waals surface area contributed by atoms with E-state index in [1.807, 2.05) is 36.4 Å². The average molecular weight is 483 g/mol. The molecule has 1 N–H and O–H groups in total. The molecule has 0 fully saturated rings. The van der Waals surface area contributed by atoms with Crippen molar-refractivity contribution in [1.29, 1.82) is 0 Å². The van der Waals surface area contributed by atoms with Crippen LogP contribution in [0, 0.1) is 0 Å². The Labute approximate surface area is 208 Å². The summed E-state index contributed by atoms with van der Waals surface area (Å²) in [7, 11) is 3.19. The number of rotatable bonds is 12. The van der Waals surface area contributed by atoms with Crippen molar-refractivity contribution in [1.82, 2.24) is 14.9 Å². The Bertz CT molecular complexity index is 1120. The van der Waals surface area contributed by atoms with Gasteiger partial charge in [0.2, 0.25) is 0 Å². The maximum absolute atomic E-state index is 6.45. The Balaban J connectivity index is 1.82. The first kappa shape index (κ1) is 25.8. The molecule has 0 amide bonds. The molecule has 0 saturated heterocycles. The Morgan fingerprint density at radius 3 is 2.44 bits per heavy atom. The molecule has 34 heavy (non-hydrogen) atoms. The maximum Gasteiger partial charge on any atom is 0.162 e. The van der Waals surface area contributed by atoms with E-state index in [0.29, 0.717) is 28.4 Å². The van der Waals surface area contributed by atoms with E-state index in [1.165, 1.54) is 0 Å². The zero-order chi connectivity index (χ0) is 24.5. The monoisotopic (exact) mass is 482 g/mol. The summed E-state index contributed by atoms with van der Waals surface area (Å²) in [6.45, 7) is 9.93. The van der Waals surface area contributed by atoms with Crippen LogP contribution in [0.1, 0.15) is 45.0 Å². The minimum atomic E-state index is 0.297. The molecule has 7 heteroatoms. The summed E-state index contributed by atoms with van der Waals surface area (Å²) in [5.41, 5.74) is 1.70. The summed E-state index contributed by atoms with van der Waals surface area (Å²) in [5, 5.41) is 5.19. The predicted molar refractivity (Wildman–Crippen MR) is 143 cm³/mol. The van der Waals surface area contributed by atoms with E-state index in [0.717, 1.165) is 54.8 Å². The van der Waals surface area contributed by atoms with Crippen LogP contribution in [-0.2, 0) is 0 Å². The summed E-state index contributed by atoms with van der Waals surface area (Å²) in [6, 6.07) is 12.0. The van der Waals surface area contributed by atoms with Gasteiger partial charge in [0.1, 0.15) is 5.82 Å². The predicted octanol–water partition coefficient (Wildman–Crippen LogP) is 6.39. The van der Waals surface area contributed by atoms with Crippen LogP contribution in [0.25, 0.3) is 23.1 Å². The van der Waals surface area contributed by atoms with Gasteiger partial charge in [-0.2, -0.15) is 0 Å². The Kier molecular flexibility index (Phi) is 9.54. The fraction of sp³-hybridized carbons (Fsp3) is 0.407. The summed E-state index contributed by atoms with van der Waals surface area (Å²) in [6.07, 6.45) is 5.98. The quantitative estimate of drug-likeness (QED) is 0.322. The molecule has 3 aromatic rings. The van der Waals surface area contributed by atoms with Crippen molar-refractivity contribution < 1.29 is 9.47 Å². The zero-order valence-electron chi connectivity index (χ0n) is 20.8. The molecule has 0 aliphatic rings. The van der Waals surface area contributed by atoms with E-state index in [1.54, 1.807) is 20.3 Å². The summed E-state index contributed by atoms with van der Waals surface area (Å²) in [4.78, 5) is 12.0. The van der Waals surface area contributed by atoms with Gasteiger partial charge in [0.05, 0.1) is 24.8 Å². The molecule has 0 radical (unpaired) electrons. The van der Waals surface area contributed by atoms with Crippen molar-refractivity contribution >= 4 is 40.5 Å². The molecule has 2 aromatic carbocycles. The second-order valence-electron chi connectivity index (χ2n) is 8.22. The van der Waals surface area contributed by atoms with Crippen LogP contribution < -0.4 is 14.8 Å². The fourth-order valence-corrected chi connectivity index (χ4v) is 4.12. The Morgan fingerprint density at radius 2 is 1.74 bits per heavy atom. The van der Waals surface area contributed by atoms with Crippen LogP contribution in [0.2, 0.25) is 5.02 Å². The van der Waals surface area contributed by atoms with E-state index in [9.17, 15) is 0 Å². The van der Waals surface area contributed by atoms with E-state index < -0.39 is 0 Å². The molecule has 1 unspecified atom stereocenters. The highest BCUT2D eigenvalue weighted by atomic mass is 35.5. The number of aromatic nitrogens is 2. The number of hydrogen-bond donors (Lipinski definition) is 1. The molecule has 1 aromatic heterocycles. The highest BCUT2D eigenvalue weighted by molar-refractivity contribution is 6.32. The number of benzene rings is 2. The molecule has 0 spiro atoms. The van der Waals surface area contributed by atoms with Gasteiger partial charge < -0.3 is 19.7 Å². The standard InChI is InChI=1S/C27H35ClN4O2/c1-6-32(7-2)16-10-11-19(3)29-27-21-12-8-9-13-23(21)30-26(31-27)15-14-20-17-24(33-4)25(34-5)18-22(20)28/h8-9,12-15,17-19H,6-7,10-11,16H2,1-5H3,(H,29,30,31). The van der Waals surface area contributed by atoms with Crippen LogP contribution in [0.3, 0.4) is 0 Å². The van der Waals surface area contributed by atoms with Crippen molar-refractivity contribution in [3.8, 4) is 11.5 Å². The molecule has 182 valence electrons. The third kappa shape index (κ3) is 6.61. The van der Waals surface area contributed by atoms with Gasteiger partial charge in [-0.25, -0.2) is 9.97 Å². The van der Waals surface area contributed by atoms with Gasteiger partial charge in [-0.15, -0.1) is 0 Å². The molecular formula is C27H35ClN4O2. The number of hydrogen-bond acceptors (Lipinski definition) is 6. The Morgan fingerprint density at radius 1 is 1.03 bits per heavy atom. The van der Waals surface area contributed by atoms with Crippen molar-refractivity contribution in [2.45, 2.75) is 39.7 Å². The third-order valence-electron chi connectivity index (χ3n) is 5.92. The number of fused-ring (bicyclic) bond motifs is 1. The smallest absolute Gasteiger partial charge is 0.162 e. The van der Waals surface area contributed by atoms with Gasteiger partial charge in [0, 0.05) is 17.5 Å². The first-order valence-corrected chi connectivity index (χ1v) is 12.2. The summed E-state index contributed by atoms with van der Waals surface area (Å²) < 4.78 is 10.7. The average Bonchev–Trinajstić information content (AvgIpc) is 2.85. The van der Waals surface area contributed by atoms with Crippen LogP contribution in [-0.4, -0.2) is 54.8 Å². The van der Waals surface area contributed by atoms with E-state index >= 15 is 0 Å². The zero-order valence-corrected chi connectivity index (χ0v) is 21.5. The molecule has 1 heterocycles. The van der Waals surface area contributed by atoms with Crippen molar-refractivity contribution in [2.75, 3.05) is 39.2 Å². The van der Waals surface area contributed by atoms with E-state index in [4.69, 9.17) is 31.0 Å². The molecule has 0 aliphatic heterocycles. The third-order valence-corrected chi connectivity index (χ3v) is 6.25. The number of nitrogens with zero attached hydrogens (tertiary/aromatic N) is 3. The molecule has 0 bridgehead atoms. The normalized spacial score (nSPS) is 12.4. The SMILES string of the molecule is CCN(CC)CCCC(C)Nc1nc(C=Cc2cc(OC)c(OC)cc2Cl)nc2ccccc12. The van der Waals surface area contributed by atoms with Crippen LogP contribution in [0.5, 0.6) is 11.5 Å². The van der Waals surface area contributed by atoms with Crippen molar-refractivity contribution in [3.05, 3.63) is 52.8 Å². The number of halogens is 1. The Hall–Kier alpha value is -2.83. The second-order valence-corrected chi connectivity index (χ2v) is 8.63. The fourth-order valence-electron chi connectivity index (χ4n) is 3.91. The lowest BCUT2D eigenvalue weighted by atomic mass is 10.1. The lowest BCUT2D eigenvalue weighted by Gasteiger charge is -2.20. The minimum absolute atomic E-state index is 0.297. The second kappa shape index (κ2) is 12.6. The highest BCUT2D eigenvalue weighted by Crippen LogP contribution is 2.34. The first-order chi connectivity index (χ1) is 16.5. The van der Waals surface area contributed by atoms with Gasteiger partial charge in [0.15, 0.2) is 17.3 Å². The number of anilines is 1. The molecular weight excluding hydrogens is 448 g/mol. The lowest BCUT2D eigenvalue weighted by Crippen LogP contribution is -2.25. The first-order valence-electron chi connectivity index (χ1n) is 11.8.